The average Bonchev–Trinajstić information content (AvgIpc) is 2.71. The molecule has 2 rings (SSSR count). The Morgan fingerprint density at radius 2 is 2.26 bits per heavy atom. The van der Waals surface area contributed by atoms with Gasteiger partial charge in [0.15, 0.2) is 5.96 Å². The van der Waals surface area contributed by atoms with Crippen LogP contribution in [-0.2, 0) is 0 Å². The van der Waals surface area contributed by atoms with E-state index in [1.165, 1.54) is 5.56 Å². The van der Waals surface area contributed by atoms with Crippen LogP contribution in [0, 0.1) is 5.92 Å². The lowest BCUT2D eigenvalue weighted by molar-refractivity contribution is 0.306. The molecule has 104 valence electrons. The molecule has 0 bridgehead atoms. The van der Waals surface area contributed by atoms with Gasteiger partial charge in [0.25, 0.3) is 0 Å². The maximum Gasteiger partial charge on any atom is 0.191 e. The third-order valence-corrected chi connectivity index (χ3v) is 3.21. The SMILES string of the molecule is CCOc1cccc(C2CN=C(N)N2CC(C)C)c1. The van der Waals surface area contributed by atoms with Gasteiger partial charge in [-0.2, -0.15) is 0 Å². The normalized spacial score (nSPS) is 18.8. The second kappa shape index (κ2) is 5.95. The summed E-state index contributed by atoms with van der Waals surface area (Å²) >= 11 is 0. The fourth-order valence-corrected chi connectivity index (χ4v) is 2.41. The topological polar surface area (TPSA) is 50.9 Å². The molecule has 4 heteroatoms. The van der Waals surface area contributed by atoms with Gasteiger partial charge in [-0.05, 0) is 30.5 Å². The number of hydrogen-bond donors (Lipinski definition) is 1. The Kier molecular flexibility index (Phi) is 4.30. The van der Waals surface area contributed by atoms with Crippen LogP contribution in [0.1, 0.15) is 32.4 Å². The first-order chi connectivity index (χ1) is 9.11. The highest BCUT2D eigenvalue weighted by Gasteiger charge is 2.27. The Morgan fingerprint density at radius 3 is 2.95 bits per heavy atom. The van der Waals surface area contributed by atoms with Crippen molar-refractivity contribution in [1.82, 2.24) is 4.90 Å². The van der Waals surface area contributed by atoms with Crippen molar-refractivity contribution < 1.29 is 4.74 Å². The maximum absolute atomic E-state index is 6.00. The molecule has 1 unspecified atom stereocenters. The molecule has 19 heavy (non-hydrogen) atoms. The monoisotopic (exact) mass is 261 g/mol. The number of hydrogen-bond acceptors (Lipinski definition) is 4. The minimum absolute atomic E-state index is 0.239. The molecule has 0 radical (unpaired) electrons. The fraction of sp³-hybridized carbons (Fsp3) is 0.533. The molecule has 2 N–H and O–H groups in total. The van der Waals surface area contributed by atoms with Crippen molar-refractivity contribution >= 4 is 5.96 Å². The van der Waals surface area contributed by atoms with Crippen molar-refractivity contribution in [2.45, 2.75) is 26.8 Å². The molecule has 0 aliphatic carbocycles. The van der Waals surface area contributed by atoms with Gasteiger partial charge in [0.2, 0.25) is 0 Å². The van der Waals surface area contributed by atoms with Gasteiger partial charge in [-0.25, -0.2) is 0 Å². The smallest absolute Gasteiger partial charge is 0.191 e. The zero-order valence-electron chi connectivity index (χ0n) is 12.0. The Bertz CT molecular complexity index is 456. The van der Waals surface area contributed by atoms with Crippen molar-refractivity contribution in [2.24, 2.45) is 16.6 Å². The van der Waals surface area contributed by atoms with Gasteiger partial charge >= 0.3 is 0 Å². The highest BCUT2D eigenvalue weighted by molar-refractivity contribution is 5.80. The van der Waals surface area contributed by atoms with E-state index < -0.39 is 0 Å². The molecule has 1 aromatic rings. The highest BCUT2D eigenvalue weighted by Crippen LogP contribution is 2.28. The van der Waals surface area contributed by atoms with Crippen LogP contribution < -0.4 is 10.5 Å². The fourth-order valence-electron chi connectivity index (χ4n) is 2.41. The van der Waals surface area contributed by atoms with Crippen LogP contribution >= 0.6 is 0 Å². The zero-order valence-corrected chi connectivity index (χ0v) is 12.0. The van der Waals surface area contributed by atoms with Crippen LogP contribution in [0.2, 0.25) is 0 Å². The van der Waals surface area contributed by atoms with Crippen molar-refractivity contribution in [2.75, 3.05) is 19.7 Å². The standard InChI is InChI=1S/C15H23N3O/c1-4-19-13-7-5-6-12(8-13)14-9-17-15(16)18(14)10-11(2)3/h5-8,11,14H,4,9-10H2,1-3H3,(H2,16,17). The van der Waals surface area contributed by atoms with Gasteiger partial charge in [-0.3, -0.25) is 4.99 Å². The summed E-state index contributed by atoms with van der Waals surface area (Å²) in [5, 5.41) is 0. The molecule has 0 amide bonds. The number of guanidine groups is 1. The molecule has 0 spiro atoms. The predicted octanol–water partition coefficient (Wildman–Crippen LogP) is 2.41. The van der Waals surface area contributed by atoms with E-state index in [9.17, 15) is 0 Å². The minimum atomic E-state index is 0.239. The molecule has 0 saturated heterocycles. The lowest BCUT2D eigenvalue weighted by atomic mass is 10.0. The molecule has 1 aliphatic rings. The summed E-state index contributed by atoms with van der Waals surface area (Å²) in [6.07, 6.45) is 0. The maximum atomic E-state index is 6.00. The van der Waals surface area contributed by atoms with E-state index in [0.29, 0.717) is 18.5 Å². The number of nitrogens with two attached hydrogens (primary N) is 1. The van der Waals surface area contributed by atoms with Gasteiger partial charge in [-0.15, -0.1) is 0 Å². The molecule has 4 nitrogen and oxygen atoms in total. The van der Waals surface area contributed by atoms with Gasteiger partial charge in [0.05, 0.1) is 19.2 Å². The summed E-state index contributed by atoms with van der Waals surface area (Å²) in [4.78, 5) is 6.57. The Hall–Kier alpha value is -1.71. The number of rotatable bonds is 5. The number of aliphatic imine (C=N–C) groups is 1. The highest BCUT2D eigenvalue weighted by atomic mass is 16.5. The Morgan fingerprint density at radius 1 is 1.47 bits per heavy atom. The number of benzene rings is 1. The van der Waals surface area contributed by atoms with Crippen LogP contribution in [-0.4, -0.2) is 30.6 Å². The first-order valence-electron chi connectivity index (χ1n) is 6.91. The van der Waals surface area contributed by atoms with Crippen molar-refractivity contribution in [3.8, 4) is 5.75 Å². The quantitative estimate of drug-likeness (QED) is 0.885. The lowest BCUT2D eigenvalue weighted by Crippen LogP contribution is -2.38. The average molecular weight is 261 g/mol. The summed E-state index contributed by atoms with van der Waals surface area (Å²) < 4.78 is 5.56. The number of nitrogens with zero attached hydrogens (tertiary/aromatic N) is 2. The number of ether oxygens (including phenoxy) is 1. The third-order valence-electron chi connectivity index (χ3n) is 3.21. The van der Waals surface area contributed by atoms with Crippen LogP contribution in [0.15, 0.2) is 29.3 Å². The first kappa shape index (κ1) is 13.7. The molecule has 0 fully saturated rings. The third kappa shape index (κ3) is 3.19. The van der Waals surface area contributed by atoms with Crippen molar-refractivity contribution in [3.05, 3.63) is 29.8 Å². The van der Waals surface area contributed by atoms with Gasteiger partial charge < -0.3 is 15.4 Å². The zero-order chi connectivity index (χ0) is 13.8. The summed E-state index contributed by atoms with van der Waals surface area (Å²) in [6.45, 7) is 8.72. The largest absolute Gasteiger partial charge is 0.494 e. The van der Waals surface area contributed by atoms with Gasteiger partial charge in [0, 0.05) is 6.54 Å². The molecule has 1 aliphatic heterocycles. The summed E-state index contributed by atoms with van der Waals surface area (Å²) in [5.74, 6) is 2.12. The second-order valence-electron chi connectivity index (χ2n) is 5.27. The summed E-state index contributed by atoms with van der Waals surface area (Å²) in [6, 6.07) is 8.47. The minimum Gasteiger partial charge on any atom is -0.494 e. The van der Waals surface area contributed by atoms with Gasteiger partial charge in [-0.1, -0.05) is 26.0 Å². The van der Waals surface area contributed by atoms with E-state index in [1.54, 1.807) is 0 Å². The molecule has 1 atom stereocenters. The van der Waals surface area contributed by atoms with Crippen LogP contribution in [0.5, 0.6) is 5.75 Å². The first-order valence-corrected chi connectivity index (χ1v) is 6.91. The van der Waals surface area contributed by atoms with E-state index in [1.807, 2.05) is 19.1 Å². The van der Waals surface area contributed by atoms with E-state index in [4.69, 9.17) is 10.5 Å². The Labute approximate surface area is 115 Å². The lowest BCUT2D eigenvalue weighted by Gasteiger charge is -2.28. The van der Waals surface area contributed by atoms with Crippen LogP contribution in [0.4, 0.5) is 0 Å². The van der Waals surface area contributed by atoms with E-state index in [2.05, 4.69) is 35.9 Å². The van der Waals surface area contributed by atoms with Gasteiger partial charge in [0.1, 0.15) is 5.75 Å². The molecular formula is C15H23N3O. The van der Waals surface area contributed by atoms with E-state index in [0.717, 1.165) is 18.8 Å². The summed E-state index contributed by atoms with van der Waals surface area (Å²) in [5.41, 5.74) is 7.21. The molecule has 0 saturated carbocycles. The molecule has 0 aromatic heterocycles. The molecular weight excluding hydrogens is 238 g/mol. The molecule has 1 aromatic carbocycles. The van der Waals surface area contributed by atoms with Crippen molar-refractivity contribution in [1.29, 1.82) is 0 Å². The predicted molar refractivity (Wildman–Crippen MR) is 78.4 cm³/mol. The van der Waals surface area contributed by atoms with E-state index in [-0.39, 0.29) is 6.04 Å². The van der Waals surface area contributed by atoms with Crippen molar-refractivity contribution in [3.63, 3.8) is 0 Å². The Balaban J connectivity index is 2.18. The second-order valence-corrected chi connectivity index (χ2v) is 5.27. The van der Waals surface area contributed by atoms with Crippen LogP contribution in [0.25, 0.3) is 0 Å². The summed E-state index contributed by atoms with van der Waals surface area (Å²) in [7, 11) is 0. The van der Waals surface area contributed by atoms with Crippen LogP contribution in [0.3, 0.4) is 0 Å². The van der Waals surface area contributed by atoms with E-state index >= 15 is 0 Å². The molecule has 1 heterocycles.